The minimum Gasteiger partial charge on any atom is -0.445 e. The van der Waals surface area contributed by atoms with E-state index in [1.807, 2.05) is 67.6 Å². The molecule has 0 bridgehead atoms. The molecule has 194 valence electrons. The van der Waals surface area contributed by atoms with E-state index in [0.29, 0.717) is 6.42 Å². The molecule has 0 aromatic heterocycles. The molecule has 0 saturated carbocycles. The van der Waals surface area contributed by atoms with Gasteiger partial charge in [-0.3, -0.25) is 19.2 Å². The maximum atomic E-state index is 13.0. The molecule has 0 saturated heterocycles. The van der Waals surface area contributed by atoms with Gasteiger partial charge in [-0.2, -0.15) is 0 Å². The average Bonchev–Trinajstić information content (AvgIpc) is 2.88. The highest BCUT2D eigenvalue weighted by atomic mass is 16.7. The van der Waals surface area contributed by atoms with E-state index in [4.69, 9.17) is 9.57 Å². The number of hydrogen-bond acceptors (Lipinski definition) is 6. The first-order valence-corrected chi connectivity index (χ1v) is 12.1. The zero-order chi connectivity index (χ0) is 26.3. The molecular formula is C27H35N3O6. The zero-order valence-corrected chi connectivity index (χ0v) is 21.0. The number of alkyl carbamates (subject to hydrolysis) is 1. The Bertz CT molecular complexity index is 982. The lowest BCUT2D eigenvalue weighted by Crippen LogP contribution is -2.55. The highest BCUT2D eigenvalue weighted by Gasteiger charge is 2.31. The first-order valence-electron chi connectivity index (χ1n) is 12.1. The fourth-order valence-electron chi connectivity index (χ4n) is 3.33. The molecule has 0 radical (unpaired) electrons. The molecule has 0 aliphatic rings. The van der Waals surface area contributed by atoms with Crippen LogP contribution in [0.5, 0.6) is 0 Å². The largest absolute Gasteiger partial charge is 0.445 e. The average molecular weight is 498 g/mol. The summed E-state index contributed by atoms with van der Waals surface area (Å²) in [5.74, 6) is -2.64. The van der Waals surface area contributed by atoms with Gasteiger partial charge < -0.3 is 15.4 Å². The molecule has 3 N–H and O–H groups in total. The molecule has 0 heterocycles. The van der Waals surface area contributed by atoms with Crippen LogP contribution < -0.4 is 16.1 Å². The number of Topliss-reactive ketones (excluding diaryl/α,β-unsaturated/α-hetero) is 1. The predicted molar refractivity (Wildman–Crippen MR) is 134 cm³/mol. The lowest BCUT2D eigenvalue weighted by atomic mass is 10.0. The Morgan fingerprint density at radius 1 is 0.833 bits per heavy atom. The summed E-state index contributed by atoms with van der Waals surface area (Å²) in [6.07, 6.45) is 0.907. The van der Waals surface area contributed by atoms with E-state index in [0.717, 1.165) is 17.5 Å². The van der Waals surface area contributed by atoms with Crippen molar-refractivity contribution in [2.75, 3.05) is 0 Å². The highest BCUT2D eigenvalue weighted by Crippen LogP contribution is 2.08. The smallest absolute Gasteiger partial charge is 0.408 e. The topological polar surface area (TPSA) is 123 Å². The lowest BCUT2D eigenvalue weighted by Gasteiger charge is -2.24. The SMILES string of the molecule is CCCCC(NC(=O)C(NC(=O)OCc1ccccc1)C(C)C)C(=O)C(=O)NOCc1ccccc1. The van der Waals surface area contributed by atoms with Crippen LogP contribution in [-0.2, 0) is 37.2 Å². The van der Waals surface area contributed by atoms with Crippen LogP contribution in [-0.4, -0.2) is 35.8 Å². The third-order valence-electron chi connectivity index (χ3n) is 5.38. The predicted octanol–water partition coefficient (Wildman–Crippen LogP) is 3.43. The van der Waals surface area contributed by atoms with Crippen molar-refractivity contribution in [3.8, 4) is 0 Å². The Balaban J connectivity index is 1.94. The van der Waals surface area contributed by atoms with Crippen LogP contribution in [0.4, 0.5) is 4.79 Å². The Morgan fingerprint density at radius 2 is 1.42 bits per heavy atom. The molecule has 36 heavy (non-hydrogen) atoms. The third kappa shape index (κ3) is 9.87. The van der Waals surface area contributed by atoms with Crippen molar-refractivity contribution in [1.82, 2.24) is 16.1 Å². The Morgan fingerprint density at radius 3 is 1.97 bits per heavy atom. The van der Waals surface area contributed by atoms with Crippen LogP contribution in [0.25, 0.3) is 0 Å². The van der Waals surface area contributed by atoms with Crippen LogP contribution in [0.15, 0.2) is 60.7 Å². The molecule has 2 aromatic rings. The van der Waals surface area contributed by atoms with Gasteiger partial charge in [0, 0.05) is 0 Å². The summed E-state index contributed by atoms with van der Waals surface area (Å²) in [6.45, 7) is 5.60. The summed E-state index contributed by atoms with van der Waals surface area (Å²) >= 11 is 0. The van der Waals surface area contributed by atoms with Crippen molar-refractivity contribution in [1.29, 1.82) is 0 Å². The van der Waals surface area contributed by atoms with Crippen molar-refractivity contribution in [2.45, 2.75) is 65.3 Å². The molecule has 2 rings (SSSR count). The summed E-state index contributed by atoms with van der Waals surface area (Å²) in [4.78, 5) is 55.6. The number of benzene rings is 2. The van der Waals surface area contributed by atoms with Crippen LogP contribution >= 0.6 is 0 Å². The number of hydroxylamine groups is 1. The molecule has 0 aliphatic carbocycles. The van der Waals surface area contributed by atoms with E-state index in [-0.39, 0.29) is 25.6 Å². The van der Waals surface area contributed by atoms with Gasteiger partial charge in [0.15, 0.2) is 0 Å². The highest BCUT2D eigenvalue weighted by molar-refractivity contribution is 6.38. The maximum Gasteiger partial charge on any atom is 0.408 e. The minimum absolute atomic E-state index is 0.0554. The summed E-state index contributed by atoms with van der Waals surface area (Å²) < 4.78 is 5.22. The van der Waals surface area contributed by atoms with E-state index in [9.17, 15) is 19.2 Å². The first kappa shape index (κ1) is 28.5. The van der Waals surface area contributed by atoms with Crippen LogP contribution in [0.1, 0.15) is 51.2 Å². The molecule has 0 fully saturated rings. The molecule has 2 unspecified atom stereocenters. The van der Waals surface area contributed by atoms with E-state index in [1.165, 1.54) is 0 Å². The quantitative estimate of drug-likeness (QED) is 0.271. The second-order valence-electron chi connectivity index (χ2n) is 8.70. The summed E-state index contributed by atoms with van der Waals surface area (Å²) in [5, 5.41) is 5.18. The number of ketones is 1. The monoisotopic (exact) mass is 497 g/mol. The van der Waals surface area contributed by atoms with Gasteiger partial charge in [0.2, 0.25) is 11.7 Å². The lowest BCUT2D eigenvalue weighted by molar-refractivity contribution is -0.148. The van der Waals surface area contributed by atoms with Crippen molar-refractivity contribution in [2.24, 2.45) is 5.92 Å². The normalized spacial score (nSPS) is 12.3. The molecule has 9 heteroatoms. The van der Waals surface area contributed by atoms with E-state index in [2.05, 4.69) is 16.1 Å². The second-order valence-corrected chi connectivity index (χ2v) is 8.70. The molecule has 3 amide bonds. The van der Waals surface area contributed by atoms with Gasteiger partial charge in [0.1, 0.15) is 12.6 Å². The summed E-state index contributed by atoms with van der Waals surface area (Å²) in [6, 6.07) is 16.3. The van der Waals surface area contributed by atoms with Gasteiger partial charge in [-0.25, -0.2) is 10.3 Å². The van der Waals surface area contributed by atoms with Crippen molar-refractivity contribution in [3.63, 3.8) is 0 Å². The fourth-order valence-corrected chi connectivity index (χ4v) is 3.33. The van der Waals surface area contributed by atoms with Gasteiger partial charge in [-0.05, 0) is 23.5 Å². The van der Waals surface area contributed by atoms with Crippen molar-refractivity contribution < 1.29 is 28.8 Å². The Hall–Kier alpha value is -3.72. The maximum absolute atomic E-state index is 13.0. The molecule has 0 spiro atoms. The second kappa shape index (κ2) is 15.3. The number of carbonyl (C=O) groups is 4. The van der Waals surface area contributed by atoms with Crippen molar-refractivity contribution in [3.05, 3.63) is 71.8 Å². The number of rotatable bonds is 14. The Kier molecular flexibility index (Phi) is 12.1. The van der Waals surface area contributed by atoms with Gasteiger partial charge in [0.05, 0.1) is 12.6 Å². The molecular weight excluding hydrogens is 462 g/mol. The molecule has 0 aliphatic heterocycles. The number of carbonyl (C=O) groups excluding carboxylic acids is 4. The van der Waals surface area contributed by atoms with E-state index in [1.54, 1.807) is 13.8 Å². The number of ether oxygens (including phenoxy) is 1. The fraction of sp³-hybridized carbons (Fsp3) is 0.407. The zero-order valence-electron chi connectivity index (χ0n) is 21.0. The van der Waals surface area contributed by atoms with Gasteiger partial charge in [-0.1, -0.05) is 94.3 Å². The molecule has 2 atom stereocenters. The summed E-state index contributed by atoms with van der Waals surface area (Å²) in [5.41, 5.74) is 3.78. The van der Waals surface area contributed by atoms with Crippen LogP contribution in [0, 0.1) is 5.92 Å². The summed E-state index contributed by atoms with van der Waals surface area (Å²) in [7, 11) is 0. The van der Waals surface area contributed by atoms with Crippen molar-refractivity contribution >= 4 is 23.7 Å². The van der Waals surface area contributed by atoms with Gasteiger partial charge in [-0.15, -0.1) is 0 Å². The van der Waals surface area contributed by atoms with Crippen LogP contribution in [0.3, 0.4) is 0 Å². The van der Waals surface area contributed by atoms with Crippen LogP contribution in [0.2, 0.25) is 0 Å². The number of nitrogens with one attached hydrogen (secondary N) is 3. The molecule has 2 aromatic carbocycles. The Labute approximate surface area is 211 Å². The number of hydrogen-bond donors (Lipinski definition) is 3. The molecule has 9 nitrogen and oxygen atoms in total. The first-order chi connectivity index (χ1) is 17.3. The van der Waals surface area contributed by atoms with E-state index >= 15 is 0 Å². The minimum atomic E-state index is -1.05. The standard InChI is InChI=1S/C27H35N3O6/c1-4-5-16-22(24(31)26(33)30-36-18-21-14-10-7-11-15-21)28-25(32)23(19(2)3)29-27(34)35-17-20-12-8-6-9-13-20/h6-15,19,22-23H,4-5,16-18H2,1-3H3,(H,28,32)(H,29,34)(H,30,33). The van der Waals surface area contributed by atoms with Gasteiger partial charge >= 0.3 is 12.0 Å². The third-order valence-corrected chi connectivity index (χ3v) is 5.38. The number of unbranched alkanes of at least 4 members (excludes halogenated alkanes) is 1. The number of amides is 3. The van der Waals surface area contributed by atoms with E-state index < -0.39 is 35.8 Å². The van der Waals surface area contributed by atoms with Gasteiger partial charge in [0.25, 0.3) is 0 Å².